The molecule has 2 rings (SSSR count). The Labute approximate surface area is 98.6 Å². The van der Waals surface area contributed by atoms with Crippen molar-refractivity contribution < 1.29 is 9.18 Å². The van der Waals surface area contributed by atoms with Crippen molar-refractivity contribution in [3.8, 4) is 0 Å². The molecule has 1 fully saturated rings. The summed E-state index contributed by atoms with van der Waals surface area (Å²) in [6.07, 6.45) is 1.77. The summed E-state index contributed by atoms with van der Waals surface area (Å²) in [6.45, 7) is 0.362. The number of nitrogens with two attached hydrogens (primary N) is 1. The van der Waals surface area contributed by atoms with Gasteiger partial charge >= 0.3 is 0 Å². The average Bonchev–Trinajstić information content (AvgIpc) is 3.03. The zero-order valence-electron chi connectivity index (χ0n) is 8.80. The van der Waals surface area contributed by atoms with Crippen molar-refractivity contribution in [3.05, 3.63) is 34.6 Å². The maximum absolute atomic E-state index is 13.5. The van der Waals surface area contributed by atoms with Crippen molar-refractivity contribution in [2.24, 2.45) is 11.1 Å². The molecular formula is C12H13ClFNO. The van der Waals surface area contributed by atoms with Gasteiger partial charge in [0.15, 0.2) is 0 Å². The molecule has 0 aliphatic heterocycles. The summed E-state index contributed by atoms with van der Waals surface area (Å²) in [4.78, 5) is 11.9. The van der Waals surface area contributed by atoms with Crippen LogP contribution in [0.25, 0.3) is 0 Å². The Hall–Kier alpha value is -0.930. The first-order valence-electron chi connectivity index (χ1n) is 5.25. The summed E-state index contributed by atoms with van der Waals surface area (Å²) in [6, 6.07) is 4.38. The molecule has 1 aromatic carbocycles. The fourth-order valence-corrected chi connectivity index (χ4v) is 1.93. The Bertz CT molecular complexity index is 429. The summed E-state index contributed by atoms with van der Waals surface area (Å²) in [5.74, 6) is -0.384. The number of Topliss-reactive ketones (excluding diaryl/α,β-unsaturated/α-hetero) is 1. The zero-order chi connectivity index (χ0) is 11.8. The van der Waals surface area contributed by atoms with E-state index in [1.807, 2.05) is 0 Å². The third-order valence-corrected chi connectivity index (χ3v) is 3.44. The molecule has 2 N–H and O–H groups in total. The lowest BCUT2D eigenvalue weighted by Crippen LogP contribution is -2.26. The smallest absolute Gasteiger partial charge is 0.144 e. The Morgan fingerprint density at radius 2 is 2.19 bits per heavy atom. The Morgan fingerprint density at radius 1 is 1.50 bits per heavy atom. The van der Waals surface area contributed by atoms with Crippen LogP contribution in [0, 0.1) is 11.2 Å². The minimum atomic E-state index is -0.423. The molecule has 4 heteroatoms. The van der Waals surface area contributed by atoms with Crippen LogP contribution >= 0.6 is 11.6 Å². The normalized spacial score (nSPS) is 17.2. The van der Waals surface area contributed by atoms with Crippen LogP contribution < -0.4 is 5.73 Å². The first-order valence-corrected chi connectivity index (χ1v) is 5.62. The second kappa shape index (κ2) is 4.15. The quantitative estimate of drug-likeness (QED) is 0.879. The molecule has 2 nitrogen and oxygen atoms in total. The van der Waals surface area contributed by atoms with Gasteiger partial charge in [0.2, 0.25) is 0 Å². The van der Waals surface area contributed by atoms with E-state index in [0.717, 1.165) is 12.8 Å². The Kier molecular flexibility index (Phi) is 3.00. The van der Waals surface area contributed by atoms with E-state index >= 15 is 0 Å². The highest BCUT2D eigenvalue weighted by Crippen LogP contribution is 2.46. The van der Waals surface area contributed by atoms with Gasteiger partial charge in [-0.15, -0.1) is 0 Å². The maximum Gasteiger partial charge on any atom is 0.144 e. The minimum Gasteiger partial charge on any atom is -0.329 e. The van der Waals surface area contributed by atoms with Crippen molar-refractivity contribution in [3.63, 3.8) is 0 Å². The lowest BCUT2D eigenvalue weighted by atomic mass is 9.95. The number of carbonyl (C=O) groups is 1. The molecule has 1 aromatic rings. The highest BCUT2D eigenvalue weighted by molar-refractivity contribution is 6.30. The van der Waals surface area contributed by atoms with E-state index < -0.39 is 5.82 Å². The van der Waals surface area contributed by atoms with Gasteiger partial charge in [-0.05, 0) is 30.5 Å². The number of ketones is 1. The molecule has 0 atom stereocenters. The third-order valence-electron chi connectivity index (χ3n) is 3.20. The first kappa shape index (κ1) is 11.6. The second-order valence-corrected chi connectivity index (χ2v) is 4.76. The van der Waals surface area contributed by atoms with Crippen molar-refractivity contribution >= 4 is 17.4 Å². The molecule has 0 heterocycles. The van der Waals surface area contributed by atoms with Gasteiger partial charge in [-0.3, -0.25) is 4.79 Å². The van der Waals surface area contributed by atoms with Crippen LogP contribution in [-0.4, -0.2) is 12.3 Å². The molecule has 86 valence electrons. The summed E-state index contributed by atoms with van der Waals surface area (Å²) < 4.78 is 13.5. The van der Waals surface area contributed by atoms with Gasteiger partial charge in [0, 0.05) is 23.4 Å². The number of carbonyl (C=O) groups excluding carboxylic acids is 1. The van der Waals surface area contributed by atoms with Crippen LogP contribution in [0.5, 0.6) is 0 Å². The number of rotatable bonds is 4. The molecule has 1 saturated carbocycles. The average molecular weight is 242 g/mol. The predicted octanol–water partition coefficient (Wildman–Crippen LogP) is 2.33. The van der Waals surface area contributed by atoms with Crippen molar-refractivity contribution in [2.45, 2.75) is 19.3 Å². The predicted molar refractivity (Wildman–Crippen MR) is 60.8 cm³/mol. The highest BCUT2D eigenvalue weighted by atomic mass is 35.5. The summed E-state index contributed by atoms with van der Waals surface area (Å²) >= 11 is 5.64. The van der Waals surface area contributed by atoms with Crippen molar-refractivity contribution in [1.82, 2.24) is 0 Å². The van der Waals surface area contributed by atoms with E-state index in [1.165, 1.54) is 6.07 Å². The van der Waals surface area contributed by atoms with Crippen LogP contribution in [0.15, 0.2) is 18.2 Å². The van der Waals surface area contributed by atoms with Gasteiger partial charge in [0.1, 0.15) is 11.6 Å². The summed E-state index contributed by atoms with van der Waals surface area (Å²) in [5.41, 5.74) is 5.58. The number of benzene rings is 1. The third kappa shape index (κ3) is 2.11. The lowest BCUT2D eigenvalue weighted by Gasteiger charge is -2.11. The monoisotopic (exact) mass is 241 g/mol. The number of halogens is 2. The van der Waals surface area contributed by atoms with Crippen molar-refractivity contribution in [2.75, 3.05) is 6.54 Å². The second-order valence-electron chi connectivity index (χ2n) is 4.32. The molecule has 0 saturated heterocycles. The van der Waals surface area contributed by atoms with Crippen LogP contribution in [-0.2, 0) is 11.2 Å². The lowest BCUT2D eigenvalue weighted by molar-refractivity contribution is -0.123. The van der Waals surface area contributed by atoms with E-state index in [1.54, 1.807) is 12.1 Å². The first-order chi connectivity index (χ1) is 7.57. The van der Waals surface area contributed by atoms with Gasteiger partial charge in [0.05, 0.1) is 0 Å². The highest BCUT2D eigenvalue weighted by Gasteiger charge is 2.47. The van der Waals surface area contributed by atoms with Crippen molar-refractivity contribution in [1.29, 1.82) is 0 Å². The minimum absolute atomic E-state index is 0.0382. The van der Waals surface area contributed by atoms with Crippen LogP contribution in [0.4, 0.5) is 4.39 Å². The molecule has 16 heavy (non-hydrogen) atoms. The maximum atomic E-state index is 13.5. The SMILES string of the molecule is NCC1(C(=O)Cc2ccc(Cl)cc2F)CC1. The van der Waals surface area contributed by atoms with Crippen LogP contribution in [0.2, 0.25) is 5.02 Å². The zero-order valence-corrected chi connectivity index (χ0v) is 9.56. The van der Waals surface area contributed by atoms with E-state index in [0.29, 0.717) is 17.1 Å². The summed E-state index contributed by atoms with van der Waals surface area (Å²) in [5, 5.41) is 0.341. The molecule has 0 unspecified atom stereocenters. The molecule has 1 aliphatic rings. The topological polar surface area (TPSA) is 43.1 Å². The van der Waals surface area contributed by atoms with Crippen LogP contribution in [0.1, 0.15) is 18.4 Å². The fraction of sp³-hybridized carbons (Fsp3) is 0.417. The Morgan fingerprint density at radius 3 is 2.69 bits per heavy atom. The summed E-state index contributed by atoms with van der Waals surface area (Å²) in [7, 11) is 0. The van der Waals surface area contributed by atoms with E-state index in [4.69, 9.17) is 17.3 Å². The Balaban J connectivity index is 2.12. The number of hydrogen-bond donors (Lipinski definition) is 1. The van der Waals surface area contributed by atoms with Gasteiger partial charge < -0.3 is 5.73 Å². The van der Waals surface area contributed by atoms with E-state index in [9.17, 15) is 9.18 Å². The molecule has 0 amide bonds. The fourth-order valence-electron chi connectivity index (χ4n) is 1.77. The number of hydrogen-bond acceptors (Lipinski definition) is 2. The largest absolute Gasteiger partial charge is 0.329 e. The standard InChI is InChI=1S/C12H13ClFNO/c13-9-2-1-8(10(14)6-9)5-11(16)12(7-15)3-4-12/h1-2,6H,3-5,7,15H2. The molecule has 0 aromatic heterocycles. The van der Waals surface area contributed by atoms with Gasteiger partial charge in [0.25, 0.3) is 0 Å². The molecule has 0 bridgehead atoms. The molecular weight excluding hydrogens is 229 g/mol. The van der Waals surface area contributed by atoms with Gasteiger partial charge in [-0.25, -0.2) is 4.39 Å². The molecule has 0 spiro atoms. The van der Waals surface area contributed by atoms with Crippen LogP contribution in [0.3, 0.4) is 0 Å². The van der Waals surface area contributed by atoms with E-state index in [-0.39, 0.29) is 17.6 Å². The van der Waals surface area contributed by atoms with Gasteiger partial charge in [-0.2, -0.15) is 0 Å². The molecule has 0 radical (unpaired) electrons. The molecule has 1 aliphatic carbocycles. The van der Waals surface area contributed by atoms with Gasteiger partial charge in [-0.1, -0.05) is 17.7 Å². The van der Waals surface area contributed by atoms with E-state index in [2.05, 4.69) is 0 Å².